The zero-order valence-electron chi connectivity index (χ0n) is 17.9. The van der Waals surface area contributed by atoms with Gasteiger partial charge >= 0.3 is 0 Å². The van der Waals surface area contributed by atoms with E-state index in [1.165, 1.54) is 6.07 Å². The van der Waals surface area contributed by atoms with Gasteiger partial charge in [0, 0.05) is 25.3 Å². The predicted octanol–water partition coefficient (Wildman–Crippen LogP) is 2.58. The Kier molecular flexibility index (Phi) is 8.89. The van der Waals surface area contributed by atoms with Crippen molar-refractivity contribution < 1.29 is 23.0 Å². The summed E-state index contributed by atoms with van der Waals surface area (Å²) in [7, 11) is 3.69. The van der Waals surface area contributed by atoms with E-state index in [9.17, 15) is 9.18 Å². The average Bonchev–Trinajstić information content (AvgIpc) is 2.73. The third-order valence-electron chi connectivity index (χ3n) is 4.45. The molecule has 2 aromatic rings. The Bertz CT molecular complexity index is 904. The molecule has 0 spiro atoms. The van der Waals surface area contributed by atoms with Crippen molar-refractivity contribution in [2.45, 2.75) is 19.6 Å². The van der Waals surface area contributed by atoms with E-state index in [0.717, 1.165) is 11.6 Å². The van der Waals surface area contributed by atoms with Gasteiger partial charge in [-0.3, -0.25) is 10.2 Å². The molecule has 0 saturated heterocycles. The van der Waals surface area contributed by atoms with Gasteiger partial charge in [-0.2, -0.15) is 0 Å². The third-order valence-corrected chi connectivity index (χ3v) is 4.45. The molecule has 2 rings (SSSR count). The second kappa shape index (κ2) is 11.4. The van der Waals surface area contributed by atoms with Crippen molar-refractivity contribution in [1.29, 1.82) is 5.41 Å². The number of benzene rings is 2. The smallest absolute Gasteiger partial charge is 0.254 e. The summed E-state index contributed by atoms with van der Waals surface area (Å²) in [4.78, 5) is 14.6. The normalized spacial score (nSPS) is 11.9. The highest BCUT2D eigenvalue weighted by Gasteiger charge is 2.29. The van der Waals surface area contributed by atoms with Crippen LogP contribution < -0.4 is 15.8 Å². The molecule has 7 nitrogen and oxygen atoms in total. The fourth-order valence-electron chi connectivity index (χ4n) is 2.78. The summed E-state index contributed by atoms with van der Waals surface area (Å²) in [6.07, 6.45) is -1.47. The number of nitrogens with zero attached hydrogens (tertiary/aromatic N) is 1. The number of amidine groups is 1. The molecule has 0 unspecified atom stereocenters. The summed E-state index contributed by atoms with van der Waals surface area (Å²) in [6, 6.07) is 8.96. The quantitative estimate of drug-likeness (QED) is 0.373. The topological polar surface area (TPSA) is 101 Å². The first kappa shape index (κ1) is 24.2. The zero-order valence-corrected chi connectivity index (χ0v) is 17.9. The number of nitrogens with one attached hydrogen (secondary N) is 2. The largest absolute Gasteiger partial charge is 0.489 e. The van der Waals surface area contributed by atoms with Crippen molar-refractivity contribution in [3.63, 3.8) is 0 Å². The molecule has 0 aliphatic rings. The Morgan fingerprint density at radius 1 is 1.19 bits per heavy atom. The van der Waals surface area contributed by atoms with Gasteiger partial charge in [-0.05, 0) is 38.7 Å². The van der Waals surface area contributed by atoms with Crippen LogP contribution in [0.25, 0.3) is 0 Å². The molecule has 1 atom stereocenters. The molecule has 4 N–H and O–H groups in total. The molecule has 31 heavy (non-hydrogen) atoms. The van der Waals surface area contributed by atoms with Gasteiger partial charge < -0.3 is 25.4 Å². The fourth-order valence-corrected chi connectivity index (χ4v) is 2.78. The van der Waals surface area contributed by atoms with Crippen LogP contribution in [0.2, 0.25) is 0 Å². The molecule has 2 aromatic carbocycles. The van der Waals surface area contributed by atoms with Crippen LogP contribution in [0.15, 0.2) is 36.4 Å². The van der Waals surface area contributed by atoms with Gasteiger partial charge in [-0.25, -0.2) is 8.78 Å². The first-order valence-electron chi connectivity index (χ1n) is 9.82. The van der Waals surface area contributed by atoms with Crippen LogP contribution in [0, 0.1) is 17.0 Å². The number of ether oxygens (including phenoxy) is 2. The van der Waals surface area contributed by atoms with Crippen molar-refractivity contribution >= 4 is 11.7 Å². The van der Waals surface area contributed by atoms with Crippen LogP contribution >= 0.6 is 0 Å². The number of nitrogen functional groups attached to an aromatic ring is 1. The molecule has 0 aliphatic carbocycles. The van der Waals surface area contributed by atoms with Crippen LogP contribution in [-0.2, 0) is 16.1 Å². The second-order valence-corrected chi connectivity index (χ2v) is 7.09. The van der Waals surface area contributed by atoms with Crippen molar-refractivity contribution in [3.05, 3.63) is 64.7 Å². The number of carbonyl (C=O) groups excluding carboxylic acids is 1. The third kappa shape index (κ3) is 6.73. The van der Waals surface area contributed by atoms with Gasteiger partial charge in [0.15, 0.2) is 17.7 Å². The summed E-state index contributed by atoms with van der Waals surface area (Å²) in [6.45, 7) is 2.58. The summed E-state index contributed by atoms with van der Waals surface area (Å²) in [5, 5.41) is 10.0. The number of nitrogens with two attached hydrogens (primary N) is 1. The maximum absolute atomic E-state index is 15.0. The highest BCUT2D eigenvalue weighted by atomic mass is 19.1. The van der Waals surface area contributed by atoms with Crippen molar-refractivity contribution in [2.75, 3.05) is 33.9 Å². The van der Waals surface area contributed by atoms with E-state index in [4.69, 9.17) is 20.6 Å². The van der Waals surface area contributed by atoms with Gasteiger partial charge in [0.2, 0.25) is 0 Å². The molecule has 1 amide bonds. The van der Waals surface area contributed by atoms with E-state index in [1.807, 2.05) is 19.0 Å². The van der Waals surface area contributed by atoms with E-state index in [0.29, 0.717) is 12.1 Å². The van der Waals surface area contributed by atoms with Crippen LogP contribution in [0.1, 0.15) is 29.7 Å². The predicted molar refractivity (Wildman–Crippen MR) is 114 cm³/mol. The Balaban J connectivity index is 2.17. The van der Waals surface area contributed by atoms with Crippen LogP contribution in [0.4, 0.5) is 8.78 Å². The van der Waals surface area contributed by atoms with Crippen LogP contribution in [0.3, 0.4) is 0 Å². The molecule has 0 fully saturated rings. The first-order chi connectivity index (χ1) is 14.7. The molecule has 0 radical (unpaired) electrons. The minimum absolute atomic E-state index is 0.0642. The summed E-state index contributed by atoms with van der Waals surface area (Å²) in [5.41, 5.74) is 6.22. The molecule has 168 valence electrons. The second-order valence-electron chi connectivity index (χ2n) is 7.09. The van der Waals surface area contributed by atoms with Crippen molar-refractivity contribution in [3.8, 4) is 5.75 Å². The molecule has 0 saturated carbocycles. The maximum Gasteiger partial charge on any atom is 0.254 e. The number of likely N-dealkylation sites (N-methyl/N-ethyl adjacent to an activating group) is 1. The van der Waals surface area contributed by atoms with E-state index >= 15 is 4.39 Å². The minimum atomic E-state index is -1.47. The number of halogens is 2. The highest BCUT2D eigenvalue weighted by molar-refractivity contribution is 5.94. The minimum Gasteiger partial charge on any atom is -0.489 e. The Labute approximate surface area is 180 Å². The van der Waals surface area contributed by atoms with E-state index in [1.54, 1.807) is 31.2 Å². The zero-order chi connectivity index (χ0) is 23.0. The lowest BCUT2D eigenvalue weighted by Crippen LogP contribution is -2.32. The number of rotatable bonds is 11. The number of hydrogen-bond acceptors (Lipinski definition) is 5. The highest BCUT2D eigenvalue weighted by Crippen LogP contribution is 2.30. The molecular weight excluding hydrogens is 406 g/mol. The average molecular weight is 434 g/mol. The van der Waals surface area contributed by atoms with E-state index in [2.05, 4.69) is 5.32 Å². The lowest BCUT2D eigenvalue weighted by atomic mass is 10.1. The Morgan fingerprint density at radius 3 is 2.45 bits per heavy atom. The lowest BCUT2D eigenvalue weighted by molar-refractivity contribution is -0.133. The molecular formula is C22H28F2N4O3. The molecule has 0 bridgehead atoms. The van der Waals surface area contributed by atoms with Gasteiger partial charge in [0.25, 0.3) is 5.91 Å². The van der Waals surface area contributed by atoms with Gasteiger partial charge in [0.05, 0.1) is 5.56 Å². The summed E-state index contributed by atoms with van der Waals surface area (Å²) < 4.78 is 40.3. The van der Waals surface area contributed by atoms with Gasteiger partial charge in [0.1, 0.15) is 18.3 Å². The fraction of sp³-hybridized carbons (Fsp3) is 0.364. The van der Waals surface area contributed by atoms with Crippen LogP contribution in [0.5, 0.6) is 5.75 Å². The van der Waals surface area contributed by atoms with E-state index in [-0.39, 0.29) is 31.3 Å². The molecule has 0 aromatic heterocycles. The van der Waals surface area contributed by atoms with Crippen molar-refractivity contribution in [1.82, 2.24) is 10.2 Å². The van der Waals surface area contributed by atoms with Crippen LogP contribution in [-0.4, -0.2) is 50.5 Å². The number of hydrogen-bond donors (Lipinski definition) is 3. The molecule has 9 heteroatoms. The number of carbonyl (C=O) groups is 1. The van der Waals surface area contributed by atoms with Gasteiger partial charge in [-0.1, -0.05) is 24.3 Å². The van der Waals surface area contributed by atoms with Gasteiger partial charge in [-0.15, -0.1) is 0 Å². The SMILES string of the molecule is CCO[C@H](C(=O)NCc1ccc(C(=N)N)cc1)c1c(F)ccc(OCCN(C)C)c1F. The summed E-state index contributed by atoms with van der Waals surface area (Å²) >= 11 is 0. The van der Waals surface area contributed by atoms with E-state index < -0.39 is 29.2 Å². The Hall–Kier alpha value is -3.04. The summed E-state index contributed by atoms with van der Waals surface area (Å²) in [5.74, 6) is -2.74. The standard InChI is InChI=1S/C22H28F2N4O3/c1-4-30-20(22(29)27-13-14-5-7-15(8-6-14)21(25)26)18-16(23)9-10-17(19(18)24)31-12-11-28(2)3/h5-10,20H,4,11-13H2,1-3H3,(H3,25,26)(H,27,29)/t20-/m0/s1. The lowest BCUT2D eigenvalue weighted by Gasteiger charge is -2.20. The monoisotopic (exact) mass is 434 g/mol. The Morgan fingerprint density at radius 2 is 1.87 bits per heavy atom. The molecule has 0 aliphatic heterocycles. The van der Waals surface area contributed by atoms with Crippen molar-refractivity contribution in [2.24, 2.45) is 5.73 Å². The first-order valence-corrected chi connectivity index (χ1v) is 9.82. The maximum atomic E-state index is 15.0. The number of amides is 1. The molecule has 0 heterocycles.